The van der Waals surface area contributed by atoms with Crippen molar-refractivity contribution in [2.45, 2.75) is 72.8 Å². The van der Waals surface area contributed by atoms with Crippen molar-refractivity contribution in [2.24, 2.45) is 0 Å². The Bertz CT molecular complexity index is 750. The third-order valence-corrected chi connectivity index (χ3v) is 5.26. The highest BCUT2D eigenvalue weighted by atomic mass is 16.6. The third-order valence-electron chi connectivity index (χ3n) is 5.26. The fourth-order valence-electron chi connectivity index (χ4n) is 3.25. The van der Waals surface area contributed by atoms with Gasteiger partial charge in [0.2, 0.25) is 0 Å². The summed E-state index contributed by atoms with van der Waals surface area (Å²) in [6.07, 6.45) is -1.23. The molecule has 2 atom stereocenters. The van der Waals surface area contributed by atoms with Crippen LogP contribution in [0.1, 0.15) is 65.7 Å². The monoisotopic (exact) mass is 442 g/mol. The van der Waals surface area contributed by atoms with Crippen molar-refractivity contribution in [3.05, 3.63) is 71.8 Å². The molecular weight excluding hydrogens is 400 g/mol. The highest BCUT2D eigenvalue weighted by molar-refractivity contribution is 5.68. The maximum absolute atomic E-state index is 12.7. The third kappa shape index (κ3) is 9.84. The van der Waals surface area contributed by atoms with E-state index in [1.165, 1.54) is 19.6 Å². The summed E-state index contributed by atoms with van der Waals surface area (Å²) >= 11 is 0. The van der Waals surface area contributed by atoms with E-state index < -0.39 is 23.8 Å². The Morgan fingerprint density at radius 2 is 1.38 bits per heavy atom. The Morgan fingerprint density at radius 1 is 0.906 bits per heavy atom. The summed E-state index contributed by atoms with van der Waals surface area (Å²) < 4.78 is 5.56. The fraction of sp³-hybridized carbons (Fsp3) is 0.519. The van der Waals surface area contributed by atoms with Gasteiger partial charge in [0.15, 0.2) is 0 Å². The molecule has 0 aliphatic rings. The molecule has 178 valence electrons. The minimum absolute atomic E-state index is 0.376. The van der Waals surface area contributed by atoms with Gasteiger partial charge in [-0.05, 0) is 58.5 Å². The Labute approximate surface area is 195 Å². The van der Waals surface area contributed by atoms with E-state index in [0.717, 1.165) is 11.1 Å². The van der Waals surface area contributed by atoms with Gasteiger partial charge in [-0.3, -0.25) is 4.90 Å². The predicted molar refractivity (Wildman–Crippen MR) is 133 cm³/mol. The molecular formula is C27H42N2O3. The lowest BCUT2D eigenvalue weighted by atomic mass is 10.0. The number of ether oxygens (including phenoxy) is 1. The molecule has 0 aliphatic carbocycles. The fourth-order valence-corrected chi connectivity index (χ4v) is 3.25. The van der Waals surface area contributed by atoms with Crippen LogP contribution in [-0.2, 0) is 11.3 Å². The summed E-state index contributed by atoms with van der Waals surface area (Å²) in [6.45, 7) is 17.9. The second kappa shape index (κ2) is 13.9. The van der Waals surface area contributed by atoms with Crippen molar-refractivity contribution in [1.82, 2.24) is 9.80 Å². The van der Waals surface area contributed by atoms with Crippen molar-refractivity contribution in [3.8, 4) is 0 Å². The van der Waals surface area contributed by atoms with Crippen molar-refractivity contribution in [2.75, 3.05) is 19.6 Å². The Hall–Kier alpha value is -2.37. The number of carbonyl (C=O) groups is 1. The molecule has 0 saturated heterocycles. The van der Waals surface area contributed by atoms with Crippen molar-refractivity contribution in [1.29, 1.82) is 0 Å². The van der Waals surface area contributed by atoms with Crippen LogP contribution in [0.4, 0.5) is 4.79 Å². The van der Waals surface area contributed by atoms with Crippen LogP contribution >= 0.6 is 0 Å². The van der Waals surface area contributed by atoms with Crippen molar-refractivity contribution in [3.63, 3.8) is 0 Å². The largest absolute Gasteiger partial charge is 0.444 e. The molecule has 0 saturated carbocycles. The Kier molecular flexibility index (Phi) is 12.0. The molecule has 0 spiro atoms. The Morgan fingerprint density at radius 3 is 1.78 bits per heavy atom. The average Bonchev–Trinajstić information content (AvgIpc) is 2.78. The summed E-state index contributed by atoms with van der Waals surface area (Å²) in [7, 11) is 0. The smallest absolute Gasteiger partial charge is 0.410 e. The van der Waals surface area contributed by atoms with Gasteiger partial charge < -0.3 is 14.7 Å². The van der Waals surface area contributed by atoms with E-state index in [1.807, 2.05) is 88.4 Å². The van der Waals surface area contributed by atoms with Crippen LogP contribution in [0.2, 0.25) is 0 Å². The molecule has 1 amide bonds. The van der Waals surface area contributed by atoms with Crippen LogP contribution in [0, 0.1) is 0 Å². The topological polar surface area (TPSA) is 53.0 Å². The van der Waals surface area contributed by atoms with E-state index in [-0.39, 0.29) is 0 Å². The second-order valence-electron chi connectivity index (χ2n) is 8.81. The van der Waals surface area contributed by atoms with Crippen LogP contribution in [0.3, 0.4) is 0 Å². The lowest BCUT2D eigenvalue weighted by molar-refractivity contribution is -0.00535. The number of nitrogens with zero attached hydrogens (tertiary/aromatic N) is 2. The summed E-state index contributed by atoms with van der Waals surface area (Å²) in [6, 6.07) is 18.6. The number of hydrogen-bond donors (Lipinski definition) is 1. The first-order valence-corrected chi connectivity index (χ1v) is 11.6. The number of aliphatic hydroxyl groups excluding tert-OH is 1. The Balaban J connectivity index is 0.000000633. The van der Waals surface area contributed by atoms with E-state index in [0.29, 0.717) is 6.54 Å². The van der Waals surface area contributed by atoms with E-state index in [1.54, 1.807) is 4.90 Å². The lowest BCUT2D eigenvalue weighted by Crippen LogP contribution is -2.44. The SMILES string of the molecule is CCN(CC)CC.C[C@@H](C(O)c1ccccc1)N(Cc1ccccc1)C(=O)OC(C)(C)C. The molecule has 0 aliphatic heterocycles. The van der Waals surface area contributed by atoms with Crippen LogP contribution in [0.5, 0.6) is 0 Å². The predicted octanol–water partition coefficient (Wildman–Crippen LogP) is 5.89. The number of hydrogen-bond acceptors (Lipinski definition) is 4. The quantitative estimate of drug-likeness (QED) is 0.553. The van der Waals surface area contributed by atoms with E-state index >= 15 is 0 Å². The molecule has 5 nitrogen and oxygen atoms in total. The molecule has 2 aromatic carbocycles. The zero-order valence-corrected chi connectivity index (χ0v) is 20.9. The molecule has 0 heterocycles. The summed E-state index contributed by atoms with van der Waals surface area (Å²) in [4.78, 5) is 16.7. The number of carbonyl (C=O) groups excluding carboxylic acids is 1. The average molecular weight is 443 g/mol. The maximum Gasteiger partial charge on any atom is 0.410 e. The zero-order chi connectivity index (χ0) is 24.1. The van der Waals surface area contributed by atoms with Gasteiger partial charge >= 0.3 is 6.09 Å². The van der Waals surface area contributed by atoms with Gasteiger partial charge in [-0.1, -0.05) is 81.4 Å². The van der Waals surface area contributed by atoms with Crippen LogP contribution in [-0.4, -0.2) is 52.3 Å². The number of amides is 1. The van der Waals surface area contributed by atoms with Gasteiger partial charge in [-0.25, -0.2) is 4.79 Å². The number of rotatable bonds is 8. The van der Waals surface area contributed by atoms with Gasteiger partial charge in [0.25, 0.3) is 0 Å². The molecule has 0 radical (unpaired) electrons. The minimum Gasteiger partial charge on any atom is -0.444 e. The molecule has 0 bridgehead atoms. The molecule has 1 N–H and O–H groups in total. The number of aliphatic hydroxyl groups is 1. The van der Waals surface area contributed by atoms with Crippen LogP contribution < -0.4 is 0 Å². The molecule has 0 fully saturated rings. The van der Waals surface area contributed by atoms with Gasteiger partial charge in [0, 0.05) is 6.54 Å². The molecule has 5 heteroatoms. The van der Waals surface area contributed by atoms with Gasteiger partial charge in [-0.15, -0.1) is 0 Å². The highest BCUT2D eigenvalue weighted by Gasteiger charge is 2.30. The summed E-state index contributed by atoms with van der Waals surface area (Å²) in [5.74, 6) is 0. The molecule has 2 aromatic rings. The summed E-state index contributed by atoms with van der Waals surface area (Å²) in [5, 5.41) is 10.7. The van der Waals surface area contributed by atoms with E-state index in [2.05, 4.69) is 25.7 Å². The van der Waals surface area contributed by atoms with Crippen molar-refractivity contribution >= 4 is 6.09 Å². The standard InChI is InChI=1S/C21H27NO3.C6H15N/c1-16(19(23)18-13-9-6-10-14-18)22(20(24)25-21(2,3)4)15-17-11-7-5-8-12-17;1-4-7(5-2)6-3/h5-14,16,19,23H,15H2,1-4H3;4-6H2,1-3H3/t16-,19?;/m0./s1. The summed E-state index contributed by atoms with van der Waals surface area (Å²) in [5.41, 5.74) is 1.17. The number of benzene rings is 2. The first kappa shape index (κ1) is 27.7. The minimum atomic E-state index is -0.794. The first-order chi connectivity index (χ1) is 15.1. The van der Waals surface area contributed by atoms with Gasteiger partial charge in [-0.2, -0.15) is 0 Å². The van der Waals surface area contributed by atoms with Crippen LogP contribution in [0.25, 0.3) is 0 Å². The second-order valence-corrected chi connectivity index (χ2v) is 8.81. The van der Waals surface area contributed by atoms with Gasteiger partial charge in [0.1, 0.15) is 5.60 Å². The molecule has 2 rings (SSSR count). The highest BCUT2D eigenvalue weighted by Crippen LogP contribution is 2.24. The van der Waals surface area contributed by atoms with E-state index in [9.17, 15) is 9.90 Å². The lowest BCUT2D eigenvalue weighted by Gasteiger charge is -2.34. The van der Waals surface area contributed by atoms with Crippen LogP contribution in [0.15, 0.2) is 60.7 Å². The maximum atomic E-state index is 12.7. The zero-order valence-electron chi connectivity index (χ0n) is 20.9. The molecule has 32 heavy (non-hydrogen) atoms. The van der Waals surface area contributed by atoms with E-state index in [4.69, 9.17) is 4.74 Å². The molecule has 1 unspecified atom stereocenters. The normalized spacial score (nSPS) is 13.0. The van der Waals surface area contributed by atoms with Crippen molar-refractivity contribution < 1.29 is 14.6 Å². The molecule has 0 aromatic heterocycles. The first-order valence-electron chi connectivity index (χ1n) is 11.6. The van der Waals surface area contributed by atoms with Gasteiger partial charge in [0.05, 0.1) is 12.1 Å².